The summed E-state index contributed by atoms with van der Waals surface area (Å²) in [5.74, 6) is -0.395. The first-order valence-corrected chi connectivity index (χ1v) is 13.6. The Labute approximate surface area is 223 Å². The second-order valence-corrected chi connectivity index (χ2v) is 11.1. The zero-order valence-corrected chi connectivity index (χ0v) is 21.8. The van der Waals surface area contributed by atoms with Crippen molar-refractivity contribution < 1.29 is 14.0 Å². The highest BCUT2D eigenvalue weighted by Crippen LogP contribution is 2.34. The number of rotatable bonds is 7. The molecule has 3 aromatic rings. The van der Waals surface area contributed by atoms with Crippen molar-refractivity contribution in [1.82, 2.24) is 15.1 Å². The predicted octanol–water partition coefficient (Wildman–Crippen LogP) is 5.76. The van der Waals surface area contributed by atoms with E-state index in [2.05, 4.69) is 10.2 Å². The minimum Gasteiger partial charge on any atom is -0.344 e. The molecule has 2 aliphatic heterocycles. The van der Waals surface area contributed by atoms with E-state index in [0.29, 0.717) is 34.8 Å². The zero-order valence-electron chi connectivity index (χ0n) is 19.5. The number of likely N-dealkylation sites (tertiary alicyclic amines) is 2. The molecular weight excluding hydrogens is 520 g/mol. The van der Waals surface area contributed by atoms with E-state index in [4.69, 9.17) is 23.2 Å². The highest BCUT2D eigenvalue weighted by atomic mass is 35.5. The first-order valence-electron chi connectivity index (χ1n) is 11.9. The lowest BCUT2D eigenvalue weighted by atomic mass is 10.0. The molecule has 9 heteroatoms. The van der Waals surface area contributed by atoms with Gasteiger partial charge in [0.05, 0.1) is 21.7 Å². The maximum atomic E-state index is 14.2. The average Bonchev–Trinajstić information content (AvgIpc) is 3.57. The Morgan fingerprint density at radius 3 is 2.33 bits per heavy atom. The van der Waals surface area contributed by atoms with Crippen molar-refractivity contribution >= 4 is 46.4 Å². The van der Waals surface area contributed by atoms with E-state index >= 15 is 0 Å². The van der Waals surface area contributed by atoms with Crippen LogP contribution in [0.15, 0.2) is 60.0 Å². The standard InChI is InChI=1S/C27H26Cl2FN3O2S/c28-20-7-4-8-22(30)24(20)27(35)33-15-18-13-32(14-19(18)16-33)11-9-23(17-5-2-1-3-6-17)31-26(34)25-21(29)10-12-36-25/h1-8,10,12,18-19,23H,9,11,13-16H2,(H,31,34)/t18?,19?,23-/m0/s1. The molecule has 2 aliphatic rings. The number of fused-ring (bicyclic) bond motifs is 1. The molecule has 2 saturated heterocycles. The first-order chi connectivity index (χ1) is 17.4. The van der Waals surface area contributed by atoms with Gasteiger partial charge in [0.1, 0.15) is 10.7 Å². The molecule has 5 rings (SSSR count). The fraction of sp³-hybridized carbons (Fsp3) is 0.333. The molecular formula is C27H26Cl2FN3O2S. The SMILES string of the molecule is O=C(N[C@@H](CCN1CC2CN(C(=O)c3c(F)cccc3Cl)CC2C1)c1ccccc1)c1sccc1Cl. The second-order valence-electron chi connectivity index (χ2n) is 9.41. The number of thiophene rings is 1. The molecule has 5 nitrogen and oxygen atoms in total. The van der Waals surface area contributed by atoms with Crippen LogP contribution in [0, 0.1) is 17.7 Å². The summed E-state index contributed by atoms with van der Waals surface area (Å²) in [6.45, 7) is 3.75. The second kappa shape index (κ2) is 10.9. The van der Waals surface area contributed by atoms with Gasteiger partial charge in [-0.1, -0.05) is 59.6 Å². The number of carbonyl (C=O) groups excluding carboxylic acids is 2. The molecule has 0 aliphatic carbocycles. The topological polar surface area (TPSA) is 52.7 Å². The van der Waals surface area contributed by atoms with Crippen molar-refractivity contribution in [2.45, 2.75) is 12.5 Å². The van der Waals surface area contributed by atoms with Crippen LogP contribution < -0.4 is 5.32 Å². The molecule has 1 aromatic heterocycles. The van der Waals surface area contributed by atoms with E-state index < -0.39 is 5.82 Å². The smallest absolute Gasteiger partial charge is 0.263 e. The van der Waals surface area contributed by atoms with Gasteiger partial charge in [-0.2, -0.15) is 0 Å². The van der Waals surface area contributed by atoms with Crippen LogP contribution in [0.5, 0.6) is 0 Å². The van der Waals surface area contributed by atoms with Crippen molar-refractivity contribution in [3.63, 3.8) is 0 Å². The number of nitrogens with one attached hydrogen (secondary N) is 1. The highest BCUT2D eigenvalue weighted by Gasteiger charge is 2.42. The largest absolute Gasteiger partial charge is 0.344 e. The lowest BCUT2D eigenvalue weighted by molar-refractivity contribution is 0.0769. The van der Waals surface area contributed by atoms with Crippen LogP contribution in [0.25, 0.3) is 0 Å². The monoisotopic (exact) mass is 545 g/mol. The van der Waals surface area contributed by atoms with E-state index in [1.54, 1.807) is 17.0 Å². The van der Waals surface area contributed by atoms with Crippen LogP contribution in [-0.4, -0.2) is 54.3 Å². The molecule has 2 amide bonds. The number of nitrogens with zero attached hydrogens (tertiary/aromatic N) is 2. The van der Waals surface area contributed by atoms with Gasteiger partial charge in [-0.25, -0.2) is 4.39 Å². The van der Waals surface area contributed by atoms with Crippen LogP contribution in [-0.2, 0) is 0 Å². The lowest BCUT2D eigenvalue weighted by Crippen LogP contribution is -2.35. The summed E-state index contributed by atoms with van der Waals surface area (Å²) in [5.41, 5.74) is 1.01. The molecule has 3 atom stereocenters. The van der Waals surface area contributed by atoms with Crippen LogP contribution >= 0.6 is 34.5 Å². The summed E-state index contributed by atoms with van der Waals surface area (Å²) < 4.78 is 14.2. The Kier molecular flexibility index (Phi) is 7.62. The first kappa shape index (κ1) is 25.2. The highest BCUT2D eigenvalue weighted by molar-refractivity contribution is 7.12. The summed E-state index contributed by atoms with van der Waals surface area (Å²) >= 11 is 13.6. The Morgan fingerprint density at radius 2 is 1.69 bits per heavy atom. The van der Waals surface area contributed by atoms with Crippen LogP contribution in [0.4, 0.5) is 4.39 Å². The predicted molar refractivity (Wildman–Crippen MR) is 141 cm³/mol. The van der Waals surface area contributed by atoms with Crippen LogP contribution in [0.2, 0.25) is 10.0 Å². The van der Waals surface area contributed by atoms with E-state index in [9.17, 15) is 14.0 Å². The fourth-order valence-electron chi connectivity index (χ4n) is 5.30. The summed E-state index contributed by atoms with van der Waals surface area (Å²) in [5, 5.41) is 5.59. The van der Waals surface area contributed by atoms with E-state index in [1.165, 1.54) is 23.5 Å². The molecule has 1 N–H and O–H groups in total. The molecule has 0 bridgehead atoms. The van der Waals surface area contributed by atoms with Gasteiger partial charge in [-0.3, -0.25) is 9.59 Å². The van der Waals surface area contributed by atoms with E-state index in [-0.39, 0.29) is 28.4 Å². The Balaban J connectivity index is 1.19. The van der Waals surface area contributed by atoms with Crippen molar-refractivity contribution in [2.75, 3.05) is 32.7 Å². The molecule has 2 unspecified atom stereocenters. The van der Waals surface area contributed by atoms with Gasteiger partial charge in [-0.05, 0) is 47.4 Å². The van der Waals surface area contributed by atoms with E-state index in [1.807, 2.05) is 35.7 Å². The zero-order chi connectivity index (χ0) is 25.2. The Hall–Kier alpha value is -2.45. The Morgan fingerprint density at radius 1 is 0.972 bits per heavy atom. The summed E-state index contributed by atoms with van der Waals surface area (Å²) in [6.07, 6.45) is 0.756. The van der Waals surface area contributed by atoms with Crippen molar-refractivity contribution in [2.24, 2.45) is 11.8 Å². The van der Waals surface area contributed by atoms with Crippen molar-refractivity contribution in [3.05, 3.63) is 91.8 Å². The lowest BCUT2D eigenvalue weighted by Gasteiger charge is -2.25. The van der Waals surface area contributed by atoms with Gasteiger partial charge in [0.15, 0.2) is 0 Å². The normalized spacial score (nSPS) is 20.4. The molecule has 0 saturated carbocycles. The molecule has 2 fully saturated rings. The van der Waals surface area contributed by atoms with Crippen LogP contribution in [0.3, 0.4) is 0 Å². The third-order valence-corrected chi connectivity index (χ3v) is 8.75. The van der Waals surface area contributed by atoms with Crippen LogP contribution in [0.1, 0.15) is 38.1 Å². The number of benzene rings is 2. The van der Waals surface area contributed by atoms with Gasteiger partial charge >= 0.3 is 0 Å². The Bertz CT molecular complexity index is 1220. The molecule has 2 aromatic carbocycles. The van der Waals surface area contributed by atoms with Gasteiger partial charge < -0.3 is 15.1 Å². The average molecular weight is 546 g/mol. The maximum Gasteiger partial charge on any atom is 0.263 e. The van der Waals surface area contributed by atoms with Gasteiger partial charge in [0, 0.05) is 32.7 Å². The third-order valence-electron chi connectivity index (χ3n) is 7.09. The van der Waals surface area contributed by atoms with Crippen molar-refractivity contribution in [1.29, 1.82) is 0 Å². The number of hydrogen-bond donors (Lipinski definition) is 1. The summed E-state index contributed by atoms with van der Waals surface area (Å²) in [7, 11) is 0. The number of carbonyl (C=O) groups is 2. The third kappa shape index (κ3) is 5.30. The number of hydrogen-bond acceptors (Lipinski definition) is 4. The quantitative estimate of drug-likeness (QED) is 0.410. The molecule has 3 heterocycles. The van der Waals surface area contributed by atoms with E-state index in [0.717, 1.165) is 31.6 Å². The molecule has 0 spiro atoms. The minimum absolute atomic E-state index is 0.0386. The summed E-state index contributed by atoms with van der Waals surface area (Å²) in [4.78, 5) is 30.4. The molecule has 36 heavy (non-hydrogen) atoms. The number of amides is 2. The molecule has 0 radical (unpaired) electrons. The van der Waals surface area contributed by atoms with Gasteiger partial charge in [0.2, 0.25) is 0 Å². The fourth-order valence-corrected chi connectivity index (χ4v) is 6.59. The maximum absolute atomic E-state index is 14.2. The number of halogens is 3. The molecule has 188 valence electrons. The summed E-state index contributed by atoms with van der Waals surface area (Å²) in [6, 6.07) is 15.9. The van der Waals surface area contributed by atoms with Gasteiger partial charge in [-0.15, -0.1) is 11.3 Å². The minimum atomic E-state index is -0.580. The van der Waals surface area contributed by atoms with Crippen molar-refractivity contribution in [3.8, 4) is 0 Å². The van der Waals surface area contributed by atoms with Gasteiger partial charge in [0.25, 0.3) is 11.8 Å².